The summed E-state index contributed by atoms with van der Waals surface area (Å²) in [7, 11) is 0. The summed E-state index contributed by atoms with van der Waals surface area (Å²) in [6.07, 6.45) is 0. The third kappa shape index (κ3) is 5.11. The van der Waals surface area contributed by atoms with Crippen LogP contribution in [0.15, 0.2) is 194 Å². The fourth-order valence-corrected chi connectivity index (χ4v) is 8.30. The average molecular weight is 701 g/mol. The molecule has 0 radical (unpaired) electrons. The number of aromatic nitrogens is 4. The van der Waals surface area contributed by atoms with Gasteiger partial charge in [-0.1, -0.05) is 164 Å². The van der Waals surface area contributed by atoms with Crippen molar-refractivity contribution in [1.29, 1.82) is 0 Å². The van der Waals surface area contributed by atoms with E-state index >= 15 is 0 Å². The topological polar surface area (TPSA) is 43.6 Å². The molecule has 55 heavy (non-hydrogen) atoms. The van der Waals surface area contributed by atoms with E-state index in [0.717, 1.165) is 65.9 Å². The zero-order valence-electron chi connectivity index (χ0n) is 29.8. The lowest BCUT2D eigenvalue weighted by Crippen LogP contribution is -2.01. The molecule has 0 bridgehead atoms. The van der Waals surface area contributed by atoms with Crippen LogP contribution in [0.5, 0.6) is 0 Å². The van der Waals surface area contributed by atoms with Crippen molar-refractivity contribution < 1.29 is 0 Å². The van der Waals surface area contributed by atoms with Gasteiger partial charge in [0.25, 0.3) is 0 Å². The fourth-order valence-electron chi connectivity index (χ4n) is 8.30. The van der Waals surface area contributed by atoms with Crippen LogP contribution < -0.4 is 0 Å². The van der Waals surface area contributed by atoms with Crippen LogP contribution in [0.3, 0.4) is 0 Å². The molecule has 0 N–H and O–H groups in total. The summed E-state index contributed by atoms with van der Waals surface area (Å²) in [5.74, 6) is 1.91. The van der Waals surface area contributed by atoms with Crippen molar-refractivity contribution in [3.63, 3.8) is 0 Å². The van der Waals surface area contributed by atoms with Crippen LogP contribution in [0.25, 0.3) is 105 Å². The highest BCUT2D eigenvalue weighted by Crippen LogP contribution is 2.41. The first kappa shape index (κ1) is 31.1. The summed E-state index contributed by atoms with van der Waals surface area (Å²) in [6, 6.07) is 68.6. The molecule has 256 valence electrons. The van der Waals surface area contributed by atoms with E-state index in [0.29, 0.717) is 17.5 Å². The third-order valence-electron chi connectivity index (χ3n) is 10.8. The van der Waals surface area contributed by atoms with Gasteiger partial charge in [-0.2, -0.15) is 0 Å². The minimum Gasteiger partial charge on any atom is -0.309 e. The molecule has 2 heterocycles. The normalized spacial score (nSPS) is 11.6. The summed E-state index contributed by atoms with van der Waals surface area (Å²) >= 11 is 0. The quantitative estimate of drug-likeness (QED) is 0.133. The first-order chi connectivity index (χ1) is 27.3. The van der Waals surface area contributed by atoms with E-state index in [-0.39, 0.29) is 0 Å². The van der Waals surface area contributed by atoms with E-state index in [9.17, 15) is 0 Å². The number of fused-ring (bicyclic) bond motifs is 7. The van der Waals surface area contributed by atoms with Gasteiger partial charge in [0.05, 0.1) is 11.0 Å². The molecule has 11 aromatic rings. The van der Waals surface area contributed by atoms with Crippen LogP contribution in [-0.4, -0.2) is 19.5 Å². The average Bonchev–Trinajstić information content (AvgIpc) is 3.61. The van der Waals surface area contributed by atoms with Crippen LogP contribution >= 0.6 is 0 Å². The smallest absolute Gasteiger partial charge is 0.165 e. The van der Waals surface area contributed by atoms with Crippen molar-refractivity contribution in [3.8, 4) is 51.0 Å². The Hall–Kier alpha value is -7.43. The van der Waals surface area contributed by atoms with Gasteiger partial charge >= 0.3 is 0 Å². The second kappa shape index (κ2) is 12.6. The second-order valence-electron chi connectivity index (χ2n) is 14.0. The van der Waals surface area contributed by atoms with Crippen LogP contribution in [-0.2, 0) is 0 Å². The van der Waals surface area contributed by atoms with Gasteiger partial charge in [-0.05, 0) is 73.8 Å². The summed E-state index contributed by atoms with van der Waals surface area (Å²) in [5.41, 5.74) is 8.55. The molecule has 0 saturated heterocycles. The summed E-state index contributed by atoms with van der Waals surface area (Å²) in [5, 5.41) is 9.20. The van der Waals surface area contributed by atoms with Crippen molar-refractivity contribution in [2.45, 2.75) is 0 Å². The van der Waals surface area contributed by atoms with Gasteiger partial charge < -0.3 is 4.57 Å². The Bertz CT molecular complexity index is 3240. The maximum absolute atomic E-state index is 5.45. The molecule has 0 aliphatic rings. The molecule has 0 fully saturated rings. The van der Waals surface area contributed by atoms with Gasteiger partial charge in [-0.15, -0.1) is 0 Å². The van der Waals surface area contributed by atoms with E-state index in [4.69, 9.17) is 15.0 Å². The molecule has 0 spiro atoms. The van der Waals surface area contributed by atoms with Crippen molar-refractivity contribution >= 4 is 54.1 Å². The van der Waals surface area contributed by atoms with Gasteiger partial charge in [0.1, 0.15) is 0 Å². The van der Waals surface area contributed by atoms with Crippen molar-refractivity contribution in [1.82, 2.24) is 19.5 Å². The maximum atomic E-state index is 5.45. The summed E-state index contributed by atoms with van der Waals surface area (Å²) in [4.78, 5) is 16.1. The SMILES string of the molecule is c1ccc(-c2ccc(-c3nc(-c4c5ccccc5cc5c4ccc4ccccc45)nc(-c4cccc5c4c4ccccc4n5-c4ccccc4)n3)cc2)cc1. The Morgan fingerprint density at radius 1 is 0.327 bits per heavy atom. The van der Waals surface area contributed by atoms with Gasteiger partial charge in [0.15, 0.2) is 17.5 Å². The maximum Gasteiger partial charge on any atom is 0.165 e. The largest absolute Gasteiger partial charge is 0.309 e. The highest BCUT2D eigenvalue weighted by molar-refractivity contribution is 6.20. The van der Waals surface area contributed by atoms with Crippen molar-refractivity contribution in [2.75, 3.05) is 0 Å². The standard InChI is InChI=1S/C51H32N4/c1-3-14-33(15-4-1)34-26-28-36(29-27-34)49-52-50(43-23-13-25-46-47(43)42-22-11-12-24-45(42)55(46)38-18-5-2-6-19-38)54-51(53-49)48-40-21-10-8-17-37(40)32-44-39-20-9-7-16-35(39)30-31-41(44)48/h1-32H. The lowest BCUT2D eigenvalue weighted by atomic mass is 9.93. The molecular weight excluding hydrogens is 669 g/mol. The van der Waals surface area contributed by atoms with E-state index in [1.54, 1.807) is 0 Å². The Morgan fingerprint density at radius 3 is 1.75 bits per heavy atom. The van der Waals surface area contributed by atoms with E-state index in [1.165, 1.54) is 21.7 Å². The number of hydrogen-bond acceptors (Lipinski definition) is 3. The highest BCUT2D eigenvalue weighted by Gasteiger charge is 2.21. The molecule has 4 nitrogen and oxygen atoms in total. The van der Waals surface area contributed by atoms with Gasteiger partial charge in [0, 0.05) is 33.2 Å². The Balaban J connectivity index is 1.22. The fraction of sp³-hybridized carbons (Fsp3) is 0. The third-order valence-corrected chi connectivity index (χ3v) is 10.8. The zero-order valence-corrected chi connectivity index (χ0v) is 29.8. The number of hydrogen-bond donors (Lipinski definition) is 0. The Labute approximate surface area is 317 Å². The summed E-state index contributed by atoms with van der Waals surface area (Å²) in [6.45, 7) is 0. The first-order valence-corrected chi connectivity index (χ1v) is 18.6. The molecule has 0 saturated carbocycles. The number of nitrogens with zero attached hydrogens (tertiary/aromatic N) is 4. The minimum atomic E-state index is 0.630. The van der Waals surface area contributed by atoms with E-state index < -0.39 is 0 Å². The lowest BCUT2D eigenvalue weighted by Gasteiger charge is -2.15. The van der Waals surface area contributed by atoms with Crippen LogP contribution in [0.2, 0.25) is 0 Å². The van der Waals surface area contributed by atoms with Gasteiger partial charge in [0.2, 0.25) is 0 Å². The lowest BCUT2D eigenvalue weighted by molar-refractivity contribution is 1.08. The first-order valence-electron chi connectivity index (χ1n) is 18.6. The summed E-state index contributed by atoms with van der Waals surface area (Å²) < 4.78 is 2.34. The van der Waals surface area contributed by atoms with Gasteiger partial charge in [-0.25, -0.2) is 15.0 Å². The van der Waals surface area contributed by atoms with Crippen LogP contribution in [0.1, 0.15) is 0 Å². The highest BCUT2D eigenvalue weighted by atomic mass is 15.0. The zero-order chi connectivity index (χ0) is 36.3. The predicted octanol–water partition coefficient (Wildman–Crippen LogP) is 13.1. The number of rotatable bonds is 5. The Morgan fingerprint density at radius 2 is 0.927 bits per heavy atom. The molecule has 0 aliphatic heterocycles. The molecule has 4 heteroatoms. The Kier molecular flexibility index (Phi) is 7.14. The molecular formula is C51H32N4. The van der Waals surface area contributed by atoms with Gasteiger partial charge in [-0.3, -0.25) is 0 Å². The molecule has 0 aliphatic carbocycles. The monoisotopic (exact) mass is 700 g/mol. The number of benzene rings is 9. The number of para-hydroxylation sites is 2. The van der Waals surface area contributed by atoms with Crippen LogP contribution in [0, 0.1) is 0 Å². The molecule has 0 amide bonds. The van der Waals surface area contributed by atoms with Crippen molar-refractivity contribution in [2.24, 2.45) is 0 Å². The molecule has 11 rings (SSSR count). The molecule has 9 aromatic carbocycles. The molecule has 0 unspecified atom stereocenters. The van der Waals surface area contributed by atoms with Crippen molar-refractivity contribution in [3.05, 3.63) is 194 Å². The molecule has 2 aromatic heterocycles. The van der Waals surface area contributed by atoms with E-state index in [1.807, 2.05) is 6.07 Å². The molecule has 0 atom stereocenters. The van der Waals surface area contributed by atoms with Crippen LogP contribution in [0.4, 0.5) is 0 Å². The van der Waals surface area contributed by atoms with E-state index in [2.05, 4.69) is 193 Å². The predicted molar refractivity (Wildman–Crippen MR) is 228 cm³/mol. The minimum absolute atomic E-state index is 0.630. The second-order valence-corrected chi connectivity index (χ2v) is 14.0.